The van der Waals surface area contributed by atoms with Gasteiger partial charge in [-0.15, -0.1) is 12.6 Å². The molecule has 0 spiro atoms. The molecule has 2 aromatic carbocycles. The third-order valence-corrected chi connectivity index (χ3v) is 4.21. The molecule has 0 unspecified atom stereocenters. The molecule has 0 aromatic heterocycles. The first-order chi connectivity index (χ1) is 10.8. The van der Waals surface area contributed by atoms with E-state index in [2.05, 4.69) is 41.3 Å². The number of para-hydroxylation sites is 1. The molecule has 1 heterocycles. The van der Waals surface area contributed by atoms with Crippen molar-refractivity contribution in [3.05, 3.63) is 71.0 Å². The minimum atomic E-state index is 0. The SMILES string of the molecule is COc1ccccc1C[N-][C@H]1CCN(Cc2ccccc2)C1.[Li+]. The van der Waals surface area contributed by atoms with Crippen molar-refractivity contribution in [2.24, 2.45) is 0 Å². The minimum Gasteiger partial charge on any atom is -0.655 e. The second kappa shape index (κ2) is 9.15. The fourth-order valence-corrected chi connectivity index (χ4v) is 3.01. The van der Waals surface area contributed by atoms with E-state index >= 15 is 0 Å². The summed E-state index contributed by atoms with van der Waals surface area (Å²) in [7, 11) is 1.72. The number of benzene rings is 2. The van der Waals surface area contributed by atoms with Gasteiger partial charge in [-0.3, -0.25) is 0 Å². The normalized spacial score (nSPS) is 17.7. The van der Waals surface area contributed by atoms with E-state index < -0.39 is 0 Å². The summed E-state index contributed by atoms with van der Waals surface area (Å²) >= 11 is 0. The van der Waals surface area contributed by atoms with Crippen LogP contribution in [-0.4, -0.2) is 31.1 Å². The van der Waals surface area contributed by atoms with Gasteiger partial charge in [-0.25, -0.2) is 0 Å². The van der Waals surface area contributed by atoms with Crippen LogP contribution in [0.15, 0.2) is 54.6 Å². The maximum absolute atomic E-state index is 5.39. The van der Waals surface area contributed by atoms with E-state index in [1.165, 1.54) is 11.1 Å². The van der Waals surface area contributed by atoms with Crippen LogP contribution in [0.1, 0.15) is 17.5 Å². The quantitative estimate of drug-likeness (QED) is 0.740. The van der Waals surface area contributed by atoms with Crippen LogP contribution in [0.4, 0.5) is 0 Å². The van der Waals surface area contributed by atoms with Crippen LogP contribution in [0.5, 0.6) is 5.75 Å². The van der Waals surface area contributed by atoms with Gasteiger partial charge in [-0.05, 0) is 30.3 Å². The fourth-order valence-electron chi connectivity index (χ4n) is 3.01. The molecule has 0 bridgehead atoms. The van der Waals surface area contributed by atoms with Gasteiger partial charge in [0, 0.05) is 6.54 Å². The second-order valence-electron chi connectivity index (χ2n) is 5.82. The zero-order chi connectivity index (χ0) is 15.2. The van der Waals surface area contributed by atoms with Crippen molar-refractivity contribution in [2.75, 3.05) is 20.2 Å². The zero-order valence-electron chi connectivity index (χ0n) is 14.1. The van der Waals surface area contributed by atoms with Crippen LogP contribution in [0.2, 0.25) is 0 Å². The molecule has 0 N–H and O–H groups in total. The number of ether oxygens (including phenoxy) is 1. The Balaban J connectivity index is 0.00000192. The summed E-state index contributed by atoms with van der Waals surface area (Å²) in [4.78, 5) is 2.49. The van der Waals surface area contributed by atoms with Crippen molar-refractivity contribution in [2.45, 2.75) is 25.6 Å². The number of likely N-dealkylation sites (tertiary alicyclic amines) is 1. The summed E-state index contributed by atoms with van der Waals surface area (Å²) < 4.78 is 5.39. The molecule has 1 aliphatic rings. The van der Waals surface area contributed by atoms with Crippen LogP contribution in [0.3, 0.4) is 0 Å². The van der Waals surface area contributed by atoms with E-state index in [1.54, 1.807) is 7.11 Å². The summed E-state index contributed by atoms with van der Waals surface area (Å²) in [6.45, 7) is 3.97. The van der Waals surface area contributed by atoms with Crippen LogP contribution in [-0.2, 0) is 13.1 Å². The van der Waals surface area contributed by atoms with Crippen molar-refractivity contribution >= 4 is 0 Å². The minimum absolute atomic E-state index is 0. The summed E-state index contributed by atoms with van der Waals surface area (Å²) in [5.41, 5.74) is 2.55. The average Bonchev–Trinajstić information content (AvgIpc) is 3.01. The van der Waals surface area contributed by atoms with E-state index in [9.17, 15) is 0 Å². The predicted molar refractivity (Wildman–Crippen MR) is 90.2 cm³/mol. The molecule has 0 amide bonds. The molecule has 1 saturated heterocycles. The monoisotopic (exact) mass is 302 g/mol. The van der Waals surface area contributed by atoms with Crippen molar-refractivity contribution in [3.8, 4) is 5.75 Å². The van der Waals surface area contributed by atoms with Gasteiger partial charge in [0.1, 0.15) is 5.75 Å². The molecule has 1 atom stereocenters. The Hall–Kier alpha value is -1.24. The van der Waals surface area contributed by atoms with Gasteiger partial charge in [0.05, 0.1) is 7.11 Å². The number of nitrogens with zero attached hydrogens (tertiary/aromatic N) is 2. The van der Waals surface area contributed by atoms with Gasteiger partial charge in [0.15, 0.2) is 0 Å². The predicted octanol–water partition coefficient (Wildman–Crippen LogP) is 0.847. The average molecular weight is 302 g/mol. The standard InChI is InChI=1S/C19H23N2O.Li/c1-22-19-10-6-5-9-17(19)13-20-18-11-12-21(15-18)14-16-7-3-2-4-8-16;/h2-10,18H,11-15H2,1H3;/q-1;+1/t18-;/m0./s1. The molecule has 0 radical (unpaired) electrons. The summed E-state index contributed by atoms with van der Waals surface area (Å²) in [6, 6.07) is 19.2. The number of methoxy groups -OCH3 is 1. The summed E-state index contributed by atoms with van der Waals surface area (Å²) in [5.74, 6) is 0.936. The van der Waals surface area contributed by atoms with Crippen LogP contribution in [0, 0.1) is 0 Å². The van der Waals surface area contributed by atoms with Gasteiger partial charge in [0.25, 0.3) is 0 Å². The molecule has 0 saturated carbocycles. The third-order valence-electron chi connectivity index (χ3n) is 4.21. The van der Waals surface area contributed by atoms with E-state index in [0.717, 1.165) is 38.3 Å². The Morgan fingerprint density at radius 2 is 1.83 bits per heavy atom. The van der Waals surface area contributed by atoms with Crippen LogP contribution >= 0.6 is 0 Å². The molecule has 4 heteroatoms. The van der Waals surface area contributed by atoms with Crippen LogP contribution < -0.4 is 23.6 Å². The Morgan fingerprint density at radius 3 is 2.61 bits per heavy atom. The summed E-state index contributed by atoms with van der Waals surface area (Å²) in [6.07, 6.45) is 1.15. The van der Waals surface area contributed by atoms with E-state index in [1.807, 2.05) is 18.2 Å². The molecular weight excluding hydrogens is 279 g/mol. The van der Waals surface area contributed by atoms with E-state index in [-0.39, 0.29) is 18.9 Å². The molecular formula is C19H23LiN2O. The molecule has 2 aromatic rings. The maximum Gasteiger partial charge on any atom is 1.00 e. The Morgan fingerprint density at radius 1 is 1.09 bits per heavy atom. The smallest absolute Gasteiger partial charge is 0.655 e. The summed E-state index contributed by atoms with van der Waals surface area (Å²) in [5, 5.41) is 4.87. The van der Waals surface area contributed by atoms with Gasteiger partial charge in [-0.1, -0.05) is 55.0 Å². The van der Waals surface area contributed by atoms with Crippen molar-refractivity contribution in [3.63, 3.8) is 0 Å². The first kappa shape index (κ1) is 18.1. The van der Waals surface area contributed by atoms with Crippen molar-refractivity contribution in [1.29, 1.82) is 0 Å². The van der Waals surface area contributed by atoms with E-state index in [0.29, 0.717) is 6.04 Å². The molecule has 23 heavy (non-hydrogen) atoms. The fraction of sp³-hybridized carbons (Fsp3) is 0.368. The molecule has 3 rings (SSSR count). The largest absolute Gasteiger partial charge is 1.00 e. The van der Waals surface area contributed by atoms with Gasteiger partial charge < -0.3 is 15.0 Å². The van der Waals surface area contributed by atoms with Crippen molar-refractivity contribution < 1.29 is 23.6 Å². The number of hydrogen-bond donors (Lipinski definition) is 0. The Kier molecular flexibility index (Phi) is 7.20. The number of rotatable bonds is 6. The van der Waals surface area contributed by atoms with E-state index in [4.69, 9.17) is 10.1 Å². The van der Waals surface area contributed by atoms with Gasteiger partial charge in [-0.2, -0.15) is 0 Å². The maximum atomic E-state index is 5.39. The van der Waals surface area contributed by atoms with Crippen LogP contribution in [0.25, 0.3) is 5.32 Å². The van der Waals surface area contributed by atoms with Gasteiger partial charge >= 0.3 is 18.9 Å². The van der Waals surface area contributed by atoms with Crippen molar-refractivity contribution in [1.82, 2.24) is 4.90 Å². The topological polar surface area (TPSA) is 26.6 Å². The third kappa shape index (κ3) is 5.12. The molecule has 116 valence electrons. The first-order valence-corrected chi connectivity index (χ1v) is 7.90. The van der Waals surface area contributed by atoms with Gasteiger partial charge in [0.2, 0.25) is 0 Å². The zero-order valence-corrected chi connectivity index (χ0v) is 14.1. The molecule has 0 aliphatic carbocycles. The Labute approximate surface area is 151 Å². The molecule has 3 nitrogen and oxygen atoms in total. The molecule has 1 fully saturated rings. The Bertz CT molecular complexity index is 591. The molecule has 1 aliphatic heterocycles. The first-order valence-electron chi connectivity index (χ1n) is 7.90. The second-order valence-corrected chi connectivity index (χ2v) is 5.82. The number of hydrogen-bond acceptors (Lipinski definition) is 2.